The van der Waals surface area contributed by atoms with Crippen molar-refractivity contribution in [2.45, 2.75) is 52.1 Å². The first-order valence-corrected chi connectivity index (χ1v) is 11.7. The number of hydrogen-bond acceptors (Lipinski definition) is 6. The van der Waals surface area contributed by atoms with Gasteiger partial charge in [-0.15, -0.1) is 5.10 Å². The topological polar surface area (TPSA) is 117 Å². The number of fused-ring (bicyclic) bond motifs is 1. The maximum Gasteiger partial charge on any atom is 0.261 e. The average Bonchev–Trinajstić information content (AvgIpc) is 3.38. The molecule has 34 heavy (non-hydrogen) atoms. The number of aromatic nitrogens is 6. The predicted molar refractivity (Wildman–Crippen MR) is 130 cm³/mol. The number of pyridine rings is 1. The van der Waals surface area contributed by atoms with Crippen LogP contribution in [0.2, 0.25) is 0 Å². The van der Waals surface area contributed by atoms with Gasteiger partial charge in [-0.1, -0.05) is 25.1 Å². The zero-order valence-electron chi connectivity index (χ0n) is 19.6. The van der Waals surface area contributed by atoms with Gasteiger partial charge in [0.1, 0.15) is 5.39 Å². The molecular formula is C25H28N8O. The lowest BCUT2D eigenvalue weighted by molar-refractivity contribution is 0.393. The van der Waals surface area contributed by atoms with E-state index in [1.54, 1.807) is 12.4 Å². The molecule has 0 spiro atoms. The molecule has 174 valence electrons. The second kappa shape index (κ2) is 8.78. The van der Waals surface area contributed by atoms with E-state index in [1.807, 2.05) is 27.7 Å². The number of H-pyrrole nitrogens is 1. The number of aromatic amines is 1. The van der Waals surface area contributed by atoms with Crippen molar-refractivity contribution in [1.82, 2.24) is 29.8 Å². The van der Waals surface area contributed by atoms with Crippen LogP contribution in [0.25, 0.3) is 10.9 Å². The lowest BCUT2D eigenvalue weighted by atomic mass is 9.92. The van der Waals surface area contributed by atoms with Gasteiger partial charge in [0.05, 0.1) is 36.3 Å². The molecule has 0 aliphatic heterocycles. The van der Waals surface area contributed by atoms with Gasteiger partial charge in [0.2, 0.25) is 0 Å². The highest BCUT2D eigenvalue weighted by Gasteiger charge is 2.34. The number of aryl methyl sites for hydroxylation is 1. The molecule has 2 N–H and O–H groups in total. The van der Waals surface area contributed by atoms with Gasteiger partial charge in [0, 0.05) is 18.1 Å². The van der Waals surface area contributed by atoms with E-state index in [2.05, 4.69) is 59.6 Å². The van der Waals surface area contributed by atoms with Gasteiger partial charge < -0.3 is 10.3 Å². The van der Waals surface area contributed by atoms with Gasteiger partial charge in [-0.2, -0.15) is 10.4 Å². The molecule has 3 heterocycles. The van der Waals surface area contributed by atoms with Crippen molar-refractivity contribution in [3.8, 4) is 6.07 Å². The molecule has 0 bridgehead atoms. The highest BCUT2D eigenvalue weighted by molar-refractivity contribution is 5.91. The fourth-order valence-electron chi connectivity index (χ4n) is 4.86. The number of rotatable bonds is 8. The Morgan fingerprint density at radius 3 is 2.76 bits per heavy atom. The standard InChI is InChI=1S/C25H28N8O/c1-15(2)23(32-13-12-28-31-32)19-7-6-18(14-16(19)3)29-24-22-21(9-11-27-25(22)34)33(30-24)20(8-10-26)17-4-5-17/h6-7,9,11-15,17,20,23H,4-5,8H2,1-3H3,(H,27,34)(H,29,30)/t20-,23+/m0/s1. The number of anilines is 2. The highest BCUT2D eigenvalue weighted by Crippen LogP contribution is 2.43. The first-order valence-electron chi connectivity index (χ1n) is 11.7. The van der Waals surface area contributed by atoms with Crippen molar-refractivity contribution < 1.29 is 0 Å². The lowest BCUT2D eigenvalue weighted by Crippen LogP contribution is -2.18. The van der Waals surface area contributed by atoms with Crippen LogP contribution in [0, 0.1) is 30.1 Å². The number of nitrogens with one attached hydrogen (secondary N) is 2. The first kappa shape index (κ1) is 21.9. The molecule has 0 radical (unpaired) electrons. The molecule has 0 unspecified atom stereocenters. The molecule has 3 aromatic heterocycles. The highest BCUT2D eigenvalue weighted by atomic mass is 16.1. The Kier molecular flexibility index (Phi) is 5.65. The Hall–Kier alpha value is -3.93. The lowest BCUT2D eigenvalue weighted by Gasteiger charge is -2.23. The number of nitrogens with zero attached hydrogens (tertiary/aromatic N) is 6. The van der Waals surface area contributed by atoms with Gasteiger partial charge in [-0.05, 0) is 60.9 Å². The van der Waals surface area contributed by atoms with Crippen LogP contribution >= 0.6 is 0 Å². The average molecular weight is 457 g/mol. The summed E-state index contributed by atoms with van der Waals surface area (Å²) < 4.78 is 3.76. The van der Waals surface area contributed by atoms with Crippen molar-refractivity contribution in [1.29, 1.82) is 5.26 Å². The van der Waals surface area contributed by atoms with Crippen molar-refractivity contribution in [3.05, 3.63) is 64.3 Å². The summed E-state index contributed by atoms with van der Waals surface area (Å²) >= 11 is 0. The monoisotopic (exact) mass is 456 g/mol. The zero-order valence-corrected chi connectivity index (χ0v) is 19.6. The molecule has 2 atom stereocenters. The summed E-state index contributed by atoms with van der Waals surface area (Å²) in [4.78, 5) is 15.5. The summed E-state index contributed by atoms with van der Waals surface area (Å²) in [6.45, 7) is 6.41. The van der Waals surface area contributed by atoms with E-state index in [-0.39, 0.29) is 17.6 Å². The second-order valence-electron chi connectivity index (χ2n) is 9.40. The molecule has 1 aliphatic rings. The van der Waals surface area contributed by atoms with E-state index in [9.17, 15) is 10.1 Å². The molecule has 9 heteroatoms. The van der Waals surface area contributed by atoms with Gasteiger partial charge in [-0.25, -0.2) is 4.68 Å². The van der Waals surface area contributed by atoms with Gasteiger partial charge in [-0.3, -0.25) is 9.48 Å². The Bertz CT molecular complexity index is 1410. The summed E-state index contributed by atoms with van der Waals surface area (Å²) in [5.41, 5.74) is 3.68. The number of nitriles is 1. The number of benzene rings is 1. The predicted octanol–water partition coefficient (Wildman–Crippen LogP) is 4.48. The molecular weight excluding hydrogens is 428 g/mol. The summed E-state index contributed by atoms with van der Waals surface area (Å²) in [6, 6.07) is 10.4. The number of hydrogen-bond donors (Lipinski definition) is 2. The Labute approximate surface area is 197 Å². The Morgan fingerprint density at radius 1 is 1.29 bits per heavy atom. The molecule has 1 saturated carbocycles. The summed E-state index contributed by atoms with van der Waals surface area (Å²) in [5, 5.41) is 26.2. The van der Waals surface area contributed by atoms with Crippen molar-refractivity contribution in [3.63, 3.8) is 0 Å². The van der Waals surface area contributed by atoms with Crippen LogP contribution in [0.1, 0.15) is 56.3 Å². The molecule has 9 nitrogen and oxygen atoms in total. The van der Waals surface area contributed by atoms with Crippen LogP contribution in [0.15, 0.2) is 47.7 Å². The molecule has 0 saturated heterocycles. The SMILES string of the molecule is Cc1cc(Nc2nn([C@@H](CC#N)C3CC3)c3cc[nH]c(=O)c23)ccc1[C@@H](C(C)C)n1ccnn1. The molecule has 4 aromatic rings. The van der Waals surface area contributed by atoms with Crippen LogP contribution in [0.3, 0.4) is 0 Å². The molecule has 5 rings (SSSR count). The second-order valence-corrected chi connectivity index (χ2v) is 9.40. The fourth-order valence-corrected chi connectivity index (χ4v) is 4.86. The minimum absolute atomic E-state index is 0.0246. The van der Waals surface area contributed by atoms with E-state index in [0.717, 1.165) is 29.6 Å². The maximum atomic E-state index is 12.8. The quantitative estimate of drug-likeness (QED) is 0.404. The van der Waals surface area contributed by atoms with Crippen LogP contribution in [-0.4, -0.2) is 29.8 Å². The van der Waals surface area contributed by atoms with E-state index in [0.29, 0.717) is 29.5 Å². The third kappa shape index (κ3) is 3.96. The zero-order chi connectivity index (χ0) is 23.8. The van der Waals surface area contributed by atoms with Crippen LogP contribution in [-0.2, 0) is 0 Å². The van der Waals surface area contributed by atoms with E-state index >= 15 is 0 Å². The maximum absolute atomic E-state index is 12.8. The van der Waals surface area contributed by atoms with E-state index in [1.165, 1.54) is 5.56 Å². The van der Waals surface area contributed by atoms with Crippen LogP contribution in [0.4, 0.5) is 11.5 Å². The molecule has 1 fully saturated rings. The first-order chi connectivity index (χ1) is 16.5. The van der Waals surface area contributed by atoms with Gasteiger partial charge >= 0.3 is 0 Å². The fraction of sp³-hybridized carbons (Fsp3) is 0.400. The molecule has 1 aromatic carbocycles. The van der Waals surface area contributed by atoms with Crippen LogP contribution < -0.4 is 10.9 Å². The Balaban J connectivity index is 1.52. The molecule has 1 aliphatic carbocycles. The summed E-state index contributed by atoms with van der Waals surface area (Å²) in [6.07, 6.45) is 7.77. The summed E-state index contributed by atoms with van der Waals surface area (Å²) in [7, 11) is 0. The third-order valence-corrected chi connectivity index (χ3v) is 6.62. The van der Waals surface area contributed by atoms with Gasteiger partial charge in [0.25, 0.3) is 5.56 Å². The van der Waals surface area contributed by atoms with Crippen molar-refractivity contribution in [2.24, 2.45) is 11.8 Å². The summed E-state index contributed by atoms with van der Waals surface area (Å²) in [5.74, 6) is 1.27. The largest absolute Gasteiger partial charge is 0.338 e. The third-order valence-electron chi connectivity index (χ3n) is 6.62. The smallest absolute Gasteiger partial charge is 0.261 e. The van der Waals surface area contributed by atoms with E-state index in [4.69, 9.17) is 5.10 Å². The normalized spacial score (nSPS) is 15.4. The van der Waals surface area contributed by atoms with Crippen molar-refractivity contribution in [2.75, 3.05) is 5.32 Å². The van der Waals surface area contributed by atoms with Gasteiger partial charge in [0.15, 0.2) is 5.82 Å². The van der Waals surface area contributed by atoms with E-state index < -0.39 is 0 Å². The minimum Gasteiger partial charge on any atom is -0.338 e. The Morgan fingerprint density at radius 2 is 2.12 bits per heavy atom. The molecule has 0 amide bonds. The van der Waals surface area contributed by atoms with Crippen LogP contribution in [0.5, 0.6) is 0 Å². The van der Waals surface area contributed by atoms with Crippen molar-refractivity contribution >= 4 is 22.4 Å². The minimum atomic E-state index is -0.197.